The molecule has 0 radical (unpaired) electrons. The van der Waals surface area contributed by atoms with Gasteiger partial charge < -0.3 is 16.8 Å². The number of carbonyl (C=O) groups is 1. The van der Waals surface area contributed by atoms with Gasteiger partial charge in [-0.25, -0.2) is 0 Å². The number of rotatable bonds is 0. The molecule has 5 N–H and O–H groups in total. The van der Waals surface area contributed by atoms with Gasteiger partial charge in [-0.1, -0.05) is 0 Å². The summed E-state index contributed by atoms with van der Waals surface area (Å²) in [6.45, 7) is 1.70. The summed E-state index contributed by atoms with van der Waals surface area (Å²) in [5.41, 5.74) is 14.5. The molecule has 1 aliphatic rings. The Hall–Kier alpha value is -1.97. The molecule has 0 aromatic heterocycles. The lowest BCUT2D eigenvalue weighted by molar-refractivity contribution is -0.110. The number of carbonyl (C=O) groups excluding carboxylic acids is 1. The Labute approximate surface area is 81.6 Å². The number of anilines is 2. The predicted molar refractivity (Wildman–Crippen MR) is 56.3 cm³/mol. The summed E-state index contributed by atoms with van der Waals surface area (Å²) < 4.78 is 0. The first-order valence-corrected chi connectivity index (χ1v) is 4.27. The number of nitrogens with one attached hydrogen (secondary N) is 1. The zero-order valence-electron chi connectivity index (χ0n) is 7.79. The molecule has 0 aliphatic carbocycles. The van der Waals surface area contributed by atoms with Crippen LogP contribution in [-0.4, -0.2) is 5.91 Å². The Bertz CT molecular complexity index is 445. The Morgan fingerprint density at radius 3 is 2.79 bits per heavy atom. The molecule has 1 amide bonds. The third-order valence-electron chi connectivity index (χ3n) is 2.18. The molecule has 2 rings (SSSR count). The van der Waals surface area contributed by atoms with Crippen LogP contribution in [0.5, 0.6) is 0 Å². The maximum atomic E-state index is 11.5. The van der Waals surface area contributed by atoms with Crippen molar-refractivity contribution in [1.29, 1.82) is 0 Å². The number of nitrogen functional groups attached to an aromatic ring is 1. The van der Waals surface area contributed by atoms with E-state index in [0.717, 1.165) is 11.3 Å². The fourth-order valence-corrected chi connectivity index (χ4v) is 1.58. The van der Waals surface area contributed by atoms with E-state index in [1.54, 1.807) is 25.1 Å². The highest BCUT2D eigenvalue weighted by molar-refractivity contribution is 6.32. The largest absolute Gasteiger partial charge is 0.402 e. The van der Waals surface area contributed by atoms with Crippen molar-refractivity contribution in [3.05, 3.63) is 29.5 Å². The fraction of sp³-hybridized carbons (Fsp3) is 0.100. The van der Waals surface area contributed by atoms with Gasteiger partial charge in [-0.05, 0) is 25.1 Å². The van der Waals surface area contributed by atoms with E-state index >= 15 is 0 Å². The van der Waals surface area contributed by atoms with Gasteiger partial charge in [-0.3, -0.25) is 4.79 Å². The number of allylic oxidation sites excluding steroid dienone is 1. The normalized spacial score (nSPS) is 17.6. The molecule has 0 atom stereocenters. The summed E-state index contributed by atoms with van der Waals surface area (Å²) >= 11 is 0. The molecule has 1 aliphatic heterocycles. The second-order valence-corrected chi connectivity index (χ2v) is 3.32. The van der Waals surface area contributed by atoms with Crippen molar-refractivity contribution in [1.82, 2.24) is 0 Å². The van der Waals surface area contributed by atoms with Crippen LogP contribution in [0.15, 0.2) is 23.9 Å². The summed E-state index contributed by atoms with van der Waals surface area (Å²) in [5, 5.41) is 2.72. The molecule has 1 aromatic rings. The van der Waals surface area contributed by atoms with Gasteiger partial charge in [0.05, 0.1) is 5.57 Å². The summed E-state index contributed by atoms with van der Waals surface area (Å²) in [5.74, 6) is -0.161. The SMILES string of the molecule is CC(N)=C1C(=O)Nc2ccc(N)cc21. The van der Waals surface area contributed by atoms with Crippen LogP contribution < -0.4 is 16.8 Å². The van der Waals surface area contributed by atoms with Gasteiger partial charge in [0.2, 0.25) is 0 Å². The Morgan fingerprint density at radius 1 is 1.43 bits per heavy atom. The minimum absolute atomic E-state index is 0.161. The van der Waals surface area contributed by atoms with E-state index in [1.165, 1.54) is 0 Å². The molecule has 0 bridgehead atoms. The van der Waals surface area contributed by atoms with Gasteiger partial charge >= 0.3 is 0 Å². The van der Waals surface area contributed by atoms with Crippen LogP contribution >= 0.6 is 0 Å². The van der Waals surface area contributed by atoms with Crippen LogP contribution in [0.3, 0.4) is 0 Å². The maximum Gasteiger partial charge on any atom is 0.258 e. The number of fused-ring (bicyclic) bond motifs is 1. The van der Waals surface area contributed by atoms with E-state index in [0.29, 0.717) is 17.0 Å². The number of hydrogen-bond acceptors (Lipinski definition) is 3. The molecule has 4 heteroatoms. The smallest absolute Gasteiger partial charge is 0.258 e. The lowest BCUT2D eigenvalue weighted by Gasteiger charge is -2.00. The van der Waals surface area contributed by atoms with Crippen molar-refractivity contribution in [2.45, 2.75) is 6.92 Å². The summed E-state index contributed by atoms with van der Waals surface area (Å²) in [7, 11) is 0. The first kappa shape index (κ1) is 8.62. The quantitative estimate of drug-likeness (QED) is 0.419. The zero-order valence-corrected chi connectivity index (χ0v) is 7.79. The predicted octanol–water partition coefficient (Wildman–Crippen LogP) is 0.911. The second-order valence-electron chi connectivity index (χ2n) is 3.32. The van der Waals surface area contributed by atoms with Gasteiger partial charge in [-0.15, -0.1) is 0 Å². The topological polar surface area (TPSA) is 81.1 Å². The summed E-state index contributed by atoms with van der Waals surface area (Å²) in [4.78, 5) is 11.5. The standard InChI is InChI=1S/C10H11N3O/c1-5(11)9-7-4-6(12)2-3-8(7)13-10(9)14/h2-4H,11-12H2,1H3,(H,13,14). The van der Waals surface area contributed by atoms with Gasteiger partial charge in [0.1, 0.15) is 0 Å². The molecule has 0 fully saturated rings. The number of nitrogens with two attached hydrogens (primary N) is 2. The van der Waals surface area contributed by atoms with Crippen LogP contribution in [0.4, 0.5) is 11.4 Å². The third-order valence-corrected chi connectivity index (χ3v) is 2.18. The minimum atomic E-state index is -0.161. The molecular formula is C10H11N3O. The van der Waals surface area contributed by atoms with Crippen molar-refractivity contribution in [2.75, 3.05) is 11.1 Å². The highest BCUT2D eigenvalue weighted by Crippen LogP contribution is 2.33. The minimum Gasteiger partial charge on any atom is -0.402 e. The molecule has 0 spiro atoms. The van der Waals surface area contributed by atoms with Crippen molar-refractivity contribution >= 4 is 22.9 Å². The molecule has 0 saturated carbocycles. The maximum absolute atomic E-state index is 11.5. The van der Waals surface area contributed by atoms with Crippen LogP contribution in [0.1, 0.15) is 12.5 Å². The molecular weight excluding hydrogens is 178 g/mol. The van der Waals surface area contributed by atoms with Crippen molar-refractivity contribution in [3.63, 3.8) is 0 Å². The van der Waals surface area contributed by atoms with Crippen molar-refractivity contribution in [3.8, 4) is 0 Å². The summed E-state index contributed by atoms with van der Waals surface area (Å²) in [6.07, 6.45) is 0. The first-order chi connectivity index (χ1) is 6.59. The van der Waals surface area contributed by atoms with Gasteiger partial charge in [0.15, 0.2) is 0 Å². The second kappa shape index (κ2) is 2.77. The average molecular weight is 189 g/mol. The van der Waals surface area contributed by atoms with Gasteiger partial charge in [0, 0.05) is 22.6 Å². The van der Waals surface area contributed by atoms with Gasteiger partial charge in [-0.2, -0.15) is 0 Å². The highest BCUT2D eigenvalue weighted by Gasteiger charge is 2.25. The Balaban J connectivity index is 2.68. The lowest BCUT2D eigenvalue weighted by Crippen LogP contribution is -2.08. The molecule has 4 nitrogen and oxygen atoms in total. The first-order valence-electron chi connectivity index (χ1n) is 4.27. The van der Waals surface area contributed by atoms with Crippen LogP contribution in [0, 0.1) is 0 Å². The van der Waals surface area contributed by atoms with Crippen molar-refractivity contribution < 1.29 is 4.79 Å². The molecule has 72 valence electrons. The highest BCUT2D eigenvalue weighted by atomic mass is 16.2. The lowest BCUT2D eigenvalue weighted by atomic mass is 10.1. The number of hydrogen-bond donors (Lipinski definition) is 3. The van der Waals surface area contributed by atoms with E-state index in [9.17, 15) is 4.79 Å². The molecule has 0 saturated heterocycles. The summed E-state index contributed by atoms with van der Waals surface area (Å²) in [6, 6.07) is 5.27. The van der Waals surface area contributed by atoms with Gasteiger partial charge in [0.25, 0.3) is 5.91 Å². The molecule has 14 heavy (non-hydrogen) atoms. The number of benzene rings is 1. The van der Waals surface area contributed by atoms with E-state index in [1.807, 2.05) is 0 Å². The van der Waals surface area contributed by atoms with E-state index in [2.05, 4.69) is 5.32 Å². The third kappa shape index (κ3) is 1.12. The Kier molecular flexibility index (Phi) is 1.70. The zero-order chi connectivity index (χ0) is 10.3. The Morgan fingerprint density at radius 2 is 2.14 bits per heavy atom. The van der Waals surface area contributed by atoms with Crippen LogP contribution in [-0.2, 0) is 4.79 Å². The average Bonchev–Trinajstić information content (AvgIpc) is 2.40. The molecule has 0 unspecified atom stereocenters. The van der Waals surface area contributed by atoms with Crippen LogP contribution in [0.25, 0.3) is 5.57 Å². The fourth-order valence-electron chi connectivity index (χ4n) is 1.58. The van der Waals surface area contributed by atoms with E-state index < -0.39 is 0 Å². The van der Waals surface area contributed by atoms with E-state index in [-0.39, 0.29) is 5.91 Å². The number of amides is 1. The molecule has 1 heterocycles. The van der Waals surface area contributed by atoms with Crippen LogP contribution in [0.2, 0.25) is 0 Å². The van der Waals surface area contributed by atoms with E-state index in [4.69, 9.17) is 11.5 Å². The monoisotopic (exact) mass is 189 g/mol. The van der Waals surface area contributed by atoms with Crippen molar-refractivity contribution in [2.24, 2.45) is 5.73 Å². The molecule has 1 aromatic carbocycles.